The fourth-order valence-corrected chi connectivity index (χ4v) is 5.42. The topological polar surface area (TPSA) is 73.7 Å². The molecule has 0 atom stereocenters. The van der Waals surface area contributed by atoms with Crippen molar-refractivity contribution in [2.45, 2.75) is 73.1 Å². The van der Waals surface area contributed by atoms with E-state index in [0.717, 1.165) is 69.8 Å². The molecule has 3 aromatic carbocycles. The maximum absolute atomic E-state index is 14.2. The number of aliphatic carboxylic acids is 1. The molecular formula is C36H41FN2O3. The Balaban J connectivity index is 0.000000748. The van der Waals surface area contributed by atoms with Gasteiger partial charge >= 0.3 is 5.97 Å². The van der Waals surface area contributed by atoms with Gasteiger partial charge in [-0.15, -0.1) is 0 Å². The number of halogens is 1. The third-order valence-corrected chi connectivity index (χ3v) is 7.29. The zero-order chi connectivity index (χ0) is 30.6. The number of hydrogen-bond acceptors (Lipinski definition) is 4. The Kier molecular flexibility index (Phi) is 9.60. The Bertz CT molecular complexity index is 1570. The van der Waals surface area contributed by atoms with E-state index in [4.69, 9.17) is 10.1 Å². The molecule has 2 heterocycles. The molecule has 5 rings (SSSR count). The Morgan fingerprint density at radius 2 is 1.55 bits per heavy atom. The van der Waals surface area contributed by atoms with Crippen molar-refractivity contribution in [1.82, 2.24) is 9.88 Å². The van der Waals surface area contributed by atoms with Crippen LogP contribution >= 0.6 is 0 Å². The van der Waals surface area contributed by atoms with Crippen LogP contribution in [0.3, 0.4) is 0 Å². The molecule has 0 amide bonds. The van der Waals surface area contributed by atoms with Gasteiger partial charge in [-0.2, -0.15) is 0 Å². The molecule has 5 nitrogen and oxygen atoms in total. The first-order chi connectivity index (χ1) is 19.8. The van der Waals surface area contributed by atoms with Crippen molar-refractivity contribution in [3.8, 4) is 22.3 Å². The molecule has 0 unspecified atom stereocenters. The summed E-state index contributed by atoms with van der Waals surface area (Å²) >= 11 is 0. The largest absolute Gasteiger partial charge is 0.481 e. The first-order valence-corrected chi connectivity index (χ1v) is 14.4. The second-order valence-electron chi connectivity index (χ2n) is 12.2. The summed E-state index contributed by atoms with van der Waals surface area (Å²) in [5.74, 6) is -1.03. The van der Waals surface area contributed by atoms with Crippen molar-refractivity contribution in [2.75, 3.05) is 6.54 Å². The Labute approximate surface area is 248 Å². The molecule has 0 bridgehead atoms. The van der Waals surface area contributed by atoms with Crippen LogP contribution in [0.25, 0.3) is 22.3 Å². The summed E-state index contributed by atoms with van der Waals surface area (Å²) < 4.78 is 14.2. The fraction of sp³-hybridized carbons (Fsp3) is 0.333. The van der Waals surface area contributed by atoms with Gasteiger partial charge in [-0.3, -0.25) is 14.7 Å². The number of rotatable bonds is 6. The van der Waals surface area contributed by atoms with Crippen LogP contribution in [-0.4, -0.2) is 38.2 Å². The van der Waals surface area contributed by atoms with E-state index in [1.807, 2.05) is 32.9 Å². The molecular weight excluding hydrogens is 527 g/mol. The van der Waals surface area contributed by atoms with Crippen LogP contribution in [0, 0.1) is 26.6 Å². The number of pyridine rings is 1. The molecule has 1 aromatic heterocycles. The summed E-state index contributed by atoms with van der Waals surface area (Å²) in [7, 11) is 0. The van der Waals surface area contributed by atoms with E-state index in [1.54, 1.807) is 26.8 Å². The number of nitrogens with zero attached hydrogens (tertiary/aromatic N) is 2. The quantitative estimate of drug-likeness (QED) is 0.253. The van der Waals surface area contributed by atoms with Crippen molar-refractivity contribution in [3.05, 3.63) is 112 Å². The molecule has 0 radical (unpaired) electrons. The summed E-state index contributed by atoms with van der Waals surface area (Å²) in [5, 5.41) is 18.2. The second-order valence-corrected chi connectivity index (χ2v) is 12.2. The number of aryl methyl sites for hydroxylation is 3. The Hall–Kier alpha value is -3.87. The van der Waals surface area contributed by atoms with Crippen LogP contribution in [0.4, 0.5) is 4.39 Å². The molecule has 0 fully saturated rings. The Morgan fingerprint density at radius 1 is 0.905 bits per heavy atom. The molecule has 6 heteroatoms. The van der Waals surface area contributed by atoms with Gasteiger partial charge in [0.25, 0.3) is 0 Å². The van der Waals surface area contributed by atoms with Gasteiger partial charge in [-0.05, 0) is 87.4 Å². The molecule has 0 spiro atoms. The van der Waals surface area contributed by atoms with Crippen molar-refractivity contribution >= 4 is 5.97 Å². The highest BCUT2D eigenvalue weighted by Crippen LogP contribution is 2.39. The van der Waals surface area contributed by atoms with Crippen LogP contribution in [-0.2, 0) is 30.7 Å². The summed E-state index contributed by atoms with van der Waals surface area (Å²) in [6.07, 6.45) is 0.795. The van der Waals surface area contributed by atoms with E-state index in [-0.39, 0.29) is 12.2 Å². The summed E-state index contributed by atoms with van der Waals surface area (Å²) in [5.41, 5.74) is 10.3. The van der Waals surface area contributed by atoms with Gasteiger partial charge in [0, 0.05) is 42.1 Å². The SMILES string of the molecule is CC(C)(C)O.Cc1ccc(-c2c(CC(=O)O)c(C)nc(C)c2-c2ccc3c(c2)CCN(Cc2ccccc2F)C3)cc1. The lowest BCUT2D eigenvalue weighted by Gasteiger charge is -2.29. The summed E-state index contributed by atoms with van der Waals surface area (Å²) in [6, 6.07) is 21.7. The highest BCUT2D eigenvalue weighted by Gasteiger charge is 2.23. The molecule has 0 aliphatic carbocycles. The zero-order valence-electron chi connectivity index (χ0n) is 25.5. The number of hydrogen-bond donors (Lipinski definition) is 2. The number of aliphatic hydroxyl groups is 1. The van der Waals surface area contributed by atoms with E-state index in [0.29, 0.717) is 6.54 Å². The molecule has 42 heavy (non-hydrogen) atoms. The number of carboxylic acids is 1. The average Bonchev–Trinajstić information content (AvgIpc) is 2.90. The molecule has 1 aliphatic heterocycles. The maximum Gasteiger partial charge on any atom is 0.307 e. The third kappa shape index (κ3) is 7.90. The van der Waals surface area contributed by atoms with Crippen LogP contribution < -0.4 is 0 Å². The highest BCUT2D eigenvalue weighted by molar-refractivity contribution is 5.90. The van der Waals surface area contributed by atoms with Gasteiger partial charge in [0.2, 0.25) is 0 Å². The lowest BCUT2D eigenvalue weighted by atomic mass is 9.86. The van der Waals surface area contributed by atoms with Crippen molar-refractivity contribution < 1.29 is 19.4 Å². The number of carboxylic acid groups (broad SMARTS) is 1. The van der Waals surface area contributed by atoms with E-state index in [1.165, 1.54) is 17.2 Å². The predicted octanol–water partition coefficient (Wildman–Crippen LogP) is 7.44. The van der Waals surface area contributed by atoms with E-state index in [2.05, 4.69) is 47.4 Å². The third-order valence-electron chi connectivity index (χ3n) is 7.29. The minimum atomic E-state index is -0.867. The second kappa shape index (κ2) is 13.0. The summed E-state index contributed by atoms with van der Waals surface area (Å²) in [4.78, 5) is 18.9. The average molecular weight is 569 g/mol. The lowest BCUT2D eigenvalue weighted by molar-refractivity contribution is -0.136. The smallest absolute Gasteiger partial charge is 0.307 e. The number of carbonyl (C=O) groups is 1. The molecule has 2 N–H and O–H groups in total. The van der Waals surface area contributed by atoms with Gasteiger partial charge in [-0.1, -0.05) is 66.2 Å². The molecule has 1 aliphatic rings. The van der Waals surface area contributed by atoms with E-state index < -0.39 is 11.6 Å². The lowest BCUT2D eigenvalue weighted by Crippen LogP contribution is -2.30. The fourth-order valence-electron chi connectivity index (χ4n) is 5.42. The number of fused-ring (bicyclic) bond motifs is 1. The van der Waals surface area contributed by atoms with Gasteiger partial charge < -0.3 is 10.2 Å². The van der Waals surface area contributed by atoms with Gasteiger partial charge in [0.15, 0.2) is 0 Å². The Morgan fingerprint density at radius 3 is 2.19 bits per heavy atom. The molecule has 0 saturated carbocycles. The van der Waals surface area contributed by atoms with Crippen LogP contribution in [0.5, 0.6) is 0 Å². The van der Waals surface area contributed by atoms with E-state index in [9.17, 15) is 14.3 Å². The van der Waals surface area contributed by atoms with Gasteiger partial charge in [-0.25, -0.2) is 4.39 Å². The molecule has 4 aromatic rings. The molecule has 0 saturated heterocycles. The van der Waals surface area contributed by atoms with Crippen LogP contribution in [0.2, 0.25) is 0 Å². The van der Waals surface area contributed by atoms with Gasteiger partial charge in [0.05, 0.1) is 12.0 Å². The first kappa shape index (κ1) is 31.1. The minimum absolute atomic E-state index is 0.0781. The molecule has 220 valence electrons. The number of aromatic nitrogens is 1. The monoisotopic (exact) mass is 568 g/mol. The maximum atomic E-state index is 14.2. The first-order valence-electron chi connectivity index (χ1n) is 14.4. The van der Waals surface area contributed by atoms with Crippen LogP contribution in [0.15, 0.2) is 66.7 Å². The van der Waals surface area contributed by atoms with Crippen molar-refractivity contribution in [2.24, 2.45) is 0 Å². The highest BCUT2D eigenvalue weighted by atomic mass is 19.1. The van der Waals surface area contributed by atoms with Crippen molar-refractivity contribution in [3.63, 3.8) is 0 Å². The van der Waals surface area contributed by atoms with Crippen molar-refractivity contribution in [1.29, 1.82) is 0 Å². The van der Waals surface area contributed by atoms with Crippen LogP contribution in [0.1, 0.15) is 60.0 Å². The van der Waals surface area contributed by atoms with Gasteiger partial charge in [0.1, 0.15) is 5.82 Å². The number of benzene rings is 3. The normalized spacial score (nSPS) is 13.2. The summed E-state index contributed by atoms with van der Waals surface area (Å²) in [6.45, 7) is 13.4. The minimum Gasteiger partial charge on any atom is -0.481 e. The predicted molar refractivity (Wildman–Crippen MR) is 167 cm³/mol. The standard InChI is InChI=1S/C32H31FN2O2.C4H10O/c1-20-8-10-23(11-9-20)32-28(17-30(36)37)21(2)34-22(3)31(32)25-12-13-26-18-35(15-14-24(26)16-25)19-27-6-4-5-7-29(27)33;1-4(2,3)5/h4-13,16H,14-15,17-19H2,1-3H3,(H,36,37);5H,1-3H3. The van der Waals surface area contributed by atoms with E-state index >= 15 is 0 Å². The zero-order valence-corrected chi connectivity index (χ0v) is 25.5.